The van der Waals surface area contributed by atoms with Crippen molar-refractivity contribution in [1.29, 1.82) is 0 Å². The van der Waals surface area contributed by atoms with Gasteiger partial charge in [0, 0.05) is 12.2 Å². The van der Waals surface area contributed by atoms with Crippen LogP contribution in [0.2, 0.25) is 0 Å². The number of hydrogen-bond acceptors (Lipinski definition) is 3. The Morgan fingerprint density at radius 2 is 1.94 bits per heavy atom. The van der Waals surface area contributed by atoms with Crippen LogP contribution in [0.25, 0.3) is 0 Å². The van der Waals surface area contributed by atoms with E-state index >= 15 is 0 Å². The zero-order valence-electron chi connectivity index (χ0n) is 11.7. The molecule has 3 heteroatoms. The lowest BCUT2D eigenvalue weighted by Gasteiger charge is -2.13. The van der Waals surface area contributed by atoms with E-state index in [9.17, 15) is 4.79 Å². The number of hydrogen-bond donors (Lipinski definition) is 0. The zero-order valence-corrected chi connectivity index (χ0v) is 11.7. The Morgan fingerprint density at radius 3 is 2.56 bits per heavy atom. The third-order valence-electron chi connectivity index (χ3n) is 2.96. The van der Waals surface area contributed by atoms with Crippen LogP contribution < -0.4 is 0 Å². The molecule has 0 aliphatic carbocycles. The molecule has 0 saturated carbocycles. The Bertz CT molecular complexity index is 399. The Morgan fingerprint density at radius 1 is 1.22 bits per heavy atom. The number of carbonyl (C=O) groups excluding carboxylic acids is 1. The van der Waals surface area contributed by atoms with E-state index in [1.807, 2.05) is 39.0 Å². The van der Waals surface area contributed by atoms with Gasteiger partial charge in [0.15, 0.2) is 5.78 Å². The van der Waals surface area contributed by atoms with Gasteiger partial charge in [0.2, 0.25) is 0 Å². The number of ether oxygens (including phenoxy) is 2. The maximum atomic E-state index is 12.1. The first kappa shape index (κ1) is 14.9. The molecule has 0 aromatic heterocycles. The van der Waals surface area contributed by atoms with Crippen LogP contribution in [0, 0.1) is 13.8 Å². The number of Topliss-reactive ketones (excluding diaryl/α,β-unsaturated/α-hetero) is 1. The van der Waals surface area contributed by atoms with E-state index in [1.54, 1.807) is 6.92 Å². The number of benzene rings is 1. The molecule has 100 valence electrons. The monoisotopic (exact) mass is 250 g/mol. The minimum atomic E-state index is -0.424. The molecule has 0 heterocycles. The standard InChI is InChI=1S/C15H22O3/c1-5-17-8-9-18-13(4)15(16)14-7-6-11(2)12(3)10-14/h6-7,10,13H,5,8-9H2,1-4H3. The molecule has 0 saturated heterocycles. The van der Waals surface area contributed by atoms with E-state index in [0.29, 0.717) is 25.4 Å². The molecular weight excluding hydrogens is 228 g/mol. The molecule has 0 fully saturated rings. The van der Waals surface area contributed by atoms with E-state index < -0.39 is 6.10 Å². The summed E-state index contributed by atoms with van der Waals surface area (Å²) < 4.78 is 10.6. The molecule has 0 aliphatic rings. The zero-order chi connectivity index (χ0) is 13.5. The predicted octanol–water partition coefficient (Wildman–Crippen LogP) is 2.93. The van der Waals surface area contributed by atoms with Crippen LogP contribution in [0.3, 0.4) is 0 Å². The predicted molar refractivity (Wildman–Crippen MR) is 72.2 cm³/mol. The van der Waals surface area contributed by atoms with Crippen LogP contribution in [-0.4, -0.2) is 31.7 Å². The molecule has 0 amide bonds. The molecule has 1 atom stereocenters. The van der Waals surface area contributed by atoms with Gasteiger partial charge < -0.3 is 9.47 Å². The maximum absolute atomic E-state index is 12.1. The Kier molecular flexibility index (Phi) is 6.02. The van der Waals surface area contributed by atoms with Gasteiger partial charge in [-0.3, -0.25) is 4.79 Å². The molecular formula is C15H22O3. The van der Waals surface area contributed by atoms with Crippen molar-refractivity contribution in [3.05, 3.63) is 34.9 Å². The maximum Gasteiger partial charge on any atom is 0.191 e. The smallest absolute Gasteiger partial charge is 0.191 e. The van der Waals surface area contributed by atoms with Crippen LogP contribution in [0.1, 0.15) is 35.3 Å². The first-order valence-electron chi connectivity index (χ1n) is 6.37. The van der Waals surface area contributed by atoms with Crippen LogP contribution in [0.5, 0.6) is 0 Å². The summed E-state index contributed by atoms with van der Waals surface area (Å²) >= 11 is 0. The van der Waals surface area contributed by atoms with E-state index in [-0.39, 0.29) is 5.78 Å². The van der Waals surface area contributed by atoms with E-state index in [4.69, 9.17) is 9.47 Å². The fourth-order valence-corrected chi connectivity index (χ4v) is 1.63. The second kappa shape index (κ2) is 7.29. The molecule has 1 unspecified atom stereocenters. The highest BCUT2D eigenvalue weighted by Gasteiger charge is 2.15. The van der Waals surface area contributed by atoms with Crippen molar-refractivity contribution in [1.82, 2.24) is 0 Å². The molecule has 18 heavy (non-hydrogen) atoms. The van der Waals surface area contributed by atoms with Gasteiger partial charge in [0.05, 0.1) is 13.2 Å². The summed E-state index contributed by atoms with van der Waals surface area (Å²) in [7, 11) is 0. The third kappa shape index (κ3) is 4.24. The highest BCUT2D eigenvalue weighted by atomic mass is 16.5. The van der Waals surface area contributed by atoms with Gasteiger partial charge in [-0.1, -0.05) is 12.1 Å². The summed E-state index contributed by atoms with van der Waals surface area (Å²) in [5, 5.41) is 0. The van der Waals surface area contributed by atoms with Gasteiger partial charge in [-0.25, -0.2) is 0 Å². The average molecular weight is 250 g/mol. The van der Waals surface area contributed by atoms with Gasteiger partial charge in [-0.05, 0) is 44.9 Å². The summed E-state index contributed by atoms with van der Waals surface area (Å²) in [4.78, 5) is 12.1. The van der Waals surface area contributed by atoms with Crippen molar-refractivity contribution in [2.45, 2.75) is 33.8 Å². The lowest BCUT2D eigenvalue weighted by molar-refractivity contribution is 0.0174. The molecule has 1 aromatic rings. The van der Waals surface area contributed by atoms with Crippen LogP contribution >= 0.6 is 0 Å². The Balaban J connectivity index is 2.54. The van der Waals surface area contributed by atoms with Gasteiger partial charge in [0.1, 0.15) is 6.10 Å². The summed E-state index contributed by atoms with van der Waals surface area (Å²) in [5.41, 5.74) is 3.03. The number of rotatable bonds is 7. The first-order valence-corrected chi connectivity index (χ1v) is 6.37. The normalized spacial score (nSPS) is 12.4. The van der Waals surface area contributed by atoms with Crippen molar-refractivity contribution in [3.8, 4) is 0 Å². The molecule has 3 nitrogen and oxygen atoms in total. The topological polar surface area (TPSA) is 35.5 Å². The summed E-state index contributed by atoms with van der Waals surface area (Å²) in [5.74, 6) is 0.0228. The average Bonchev–Trinajstić information content (AvgIpc) is 2.37. The lowest BCUT2D eigenvalue weighted by Crippen LogP contribution is -2.23. The van der Waals surface area contributed by atoms with E-state index in [2.05, 4.69) is 0 Å². The molecule has 0 spiro atoms. The SMILES string of the molecule is CCOCCOC(C)C(=O)c1ccc(C)c(C)c1. The van der Waals surface area contributed by atoms with Crippen molar-refractivity contribution in [3.63, 3.8) is 0 Å². The molecule has 0 aliphatic heterocycles. The minimum Gasteiger partial charge on any atom is -0.379 e. The fourth-order valence-electron chi connectivity index (χ4n) is 1.63. The quantitative estimate of drug-likeness (QED) is 0.551. The summed E-state index contributed by atoms with van der Waals surface area (Å²) in [6, 6.07) is 5.74. The Hall–Kier alpha value is -1.19. The molecule has 0 bridgehead atoms. The van der Waals surface area contributed by atoms with Crippen LogP contribution in [-0.2, 0) is 9.47 Å². The highest BCUT2D eigenvalue weighted by molar-refractivity contribution is 5.99. The second-order valence-corrected chi connectivity index (χ2v) is 4.37. The van der Waals surface area contributed by atoms with Gasteiger partial charge in [-0.15, -0.1) is 0 Å². The first-order chi connectivity index (χ1) is 8.56. The fraction of sp³-hybridized carbons (Fsp3) is 0.533. The molecule has 1 aromatic carbocycles. The molecule has 1 rings (SSSR count). The van der Waals surface area contributed by atoms with Gasteiger partial charge in [-0.2, -0.15) is 0 Å². The van der Waals surface area contributed by atoms with Crippen molar-refractivity contribution < 1.29 is 14.3 Å². The summed E-state index contributed by atoms with van der Waals surface area (Å²) in [6.45, 7) is 9.40. The van der Waals surface area contributed by atoms with Crippen molar-refractivity contribution >= 4 is 5.78 Å². The van der Waals surface area contributed by atoms with E-state index in [1.165, 1.54) is 5.56 Å². The summed E-state index contributed by atoms with van der Waals surface area (Å²) in [6.07, 6.45) is -0.424. The number of carbonyl (C=O) groups is 1. The largest absolute Gasteiger partial charge is 0.379 e. The third-order valence-corrected chi connectivity index (χ3v) is 2.96. The Labute approximate surface area is 109 Å². The molecule has 0 radical (unpaired) electrons. The van der Waals surface area contributed by atoms with Crippen molar-refractivity contribution in [2.24, 2.45) is 0 Å². The van der Waals surface area contributed by atoms with Crippen LogP contribution in [0.4, 0.5) is 0 Å². The molecule has 0 N–H and O–H groups in total. The minimum absolute atomic E-state index is 0.0228. The van der Waals surface area contributed by atoms with Gasteiger partial charge >= 0.3 is 0 Å². The number of aryl methyl sites for hydroxylation is 2. The van der Waals surface area contributed by atoms with E-state index in [0.717, 1.165) is 5.56 Å². The van der Waals surface area contributed by atoms with Crippen LogP contribution in [0.15, 0.2) is 18.2 Å². The second-order valence-electron chi connectivity index (χ2n) is 4.37. The van der Waals surface area contributed by atoms with Gasteiger partial charge in [0.25, 0.3) is 0 Å². The van der Waals surface area contributed by atoms with Crippen molar-refractivity contribution in [2.75, 3.05) is 19.8 Å². The highest BCUT2D eigenvalue weighted by Crippen LogP contribution is 2.12. The number of ketones is 1. The lowest BCUT2D eigenvalue weighted by atomic mass is 10.0.